The summed E-state index contributed by atoms with van der Waals surface area (Å²) in [4.78, 5) is 71.6. The highest BCUT2D eigenvalue weighted by Crippen LogP contribution is 2.47. The van der Waals surface area contributed by atoms with Gasteiger partial charge in [-0.1, -0.05) is 48.5 Å². The normalized spacial score (nSPS) is 23.8. The average Bonchev–Trinajstić information content (AvgIpc) is 3.73. The lowest BCUT2D eigenvalue weighted by Gasteiger charge is -2.46. The second-order valence-corrected chi connectivity index (χ2v) is 17.1. The van der Waals surface area contributed by atoms with Gasteiger partial charge < -0.3 is 14.7 Å². The van der Waals surface area contributed by atoms with Gasteiger partial charge in [0.1, 0.15) is 23.6 Å². The Hall–Kier alpha value is -5.85. The van der Waals surface area contributed by atoms with Crippen molar-refractivity contribution in [2.45, 2.75) is 81.6 Å². The van der Waals surface area contributed by atoms with Crippen LogP contribution in [0.25, 0.3) is 0 Å². The van der Waals surface area contributed by atoms with Crippen LogP contribution in [0.3, 0.4) is 0 Å². The first-order chi connectivity index (χ1) is 28.7. The predicted molar refractivity (Wildman–Crippen MR) is 217 cm³/mol. The van der Waals surface area contributed by atoms with E-state index in [9.17, 15) is 29.1 Å². The highest BCUT2D eigenvalue weighted by atomic mass is 16.5. The summed E-state index contributed by atoms with van der Waals surface area (Å²) >= 11 is 0. The van der Waals surface area contributed by atoms with Crippen LogP contribution in [0.15, 0.2) is 84.9 Å². The fourth-order valence-electron chi connectivity index (χ4n) is 10.4. The van der Waals surface area contributed by atoms with E-state index < -0.39 is 29.7 Å². The number of likely N-dealkylation sites (tertiary alicyclic amines) is 2. The zero-order valence-corrected chi connectivity index (χ0v) is 32.8. The van der Waals surface area contributed by atoms with Crippen LogP contribution >= 0.6 is 0 Å². The summed E-state index contributed by atoms with van der Waals surface area (Å²) < 4.78 is 6.44. The number of aryl methyl sites for hydroxylation is 1. The van der Waals surface area contributed by atoms with E-state index in [-0.39, 0.29) is 48.4 Å². The van der Waals surface area contributed by atoms with Crippen molar-refractivity contribution in [2.75, 3.05) is 32.7 Å². The van der Waals surface area contributed by atoms with E-state index in [2.05, 4.69) is 70.9 Å². The van der Waals surface area contributed by atoms with Crippen molar-refractivity contribution in [3.8, 4) is 11.5 Å². The Morgan fingerprint density at radius 1 is 0.746 bits per heavy atom. The zero-order valence-electron chi connectivity index (χ0n) is 32.8. The molecule has 3 saturated heterocycles. The van der Waals surface area contributed by atoms with Crippen LogP contribution in [0, 0.1) is 0 Å². The number of rotatable bonds is 8. The number of piperidine rings is 2. The van der Waals surface area contributed by atoms with Gasteiger partial charge in [0, 0.05) is 57.6 Å². The van der Waals surface area contributed by atoms with E-state index in [1.54, 1.807) is 18.2 Å². The minimum Gasteiger partial charge on any atom is -0.508 e. The molecule has 10 rings (SSSR count). The van der Waals surface area contributed by atoms with Crippen molar-refractivity contribution >= 4 is 29.5 Å². The van der Waals surface area contributed by atoms with Crippen LogP contribution in [0.1, 0.15) is 98.0 Å². The van der Waals surface area contributed by atoms with Crippen molar-refractivity contribution in [3.63, 3.8) is 0 Å². The first kappa shape index (κ1) is 37.4. The van der Waals surface area contributed by atoms with Crippen LogP contribution in [-0.4, -0.2) is 105 Å². The Bertz CT molecular complexity index is 2310. The molecule has 3 fully saturated rings. The minimum atomic E-state index is -0.994. The van der Waals surface area contributed by atoms with E-state index in [4.69, 9.17) is 4.74 Å². The Labute approximate surface area is 342 Å². The lowest BCUT2D eigenvalue weighted by Crippen LogP contribution is -2.60. The van der Waals surface area contributed by atoms with Crippen molar-refractivity contribution in [1.29, 1.82) is 0 Å². The molecular formula is C47H47N5O7. The van der Waals surface area contributed by atoms with Crippen molar-refractivity contribution in [1.82, 2.24) is 24.9 Å². The number of amides is 5. The molecule has 0 radical (unpaired) electrons. The molecule has 2 N–H and O–H groups in total. The number of benzene rings is 4. The molecule has 12 heteroatoms. The number of hydrogen-bond acceptors (Lipinski definition) is 9. The van der Waals surface area contributed by atoms with Gasteiger partial charge in [0.05, 0.1) is 17.7 Å². The van der Waals surface area contributed by atoms with Crippen LogP contribution in [-0.2, 0) is 33.9 Å². The van der Waals surface area contributed by atoms with E-state index in [0.717, 1.165) is 60.5 Å². The van der Waals surface area contributed by atoms with Gasteiger partial charge in [-0.25, -0.2) is 0 Å². The van der Waals surface area contributed by atoms with Gasteiger partial charge in [0.25, 0.3) is 11.8 Å². The van der Waals surface area contributed by atoms with Gasteiger partial charge in [-0.3, -0.25) is 44.0 Å². The van der Waals surface area contributed by atoms with Crippen molar-refractivity contribution < 1.29 is 33.8 Å². The van der Waals surface area contributed by atoms with Crippen molar-refractivity contribution in [2.24, 2.45) is 0 Å². The molecule has 5 aliphatic heterocycles. The molecule has 0 bridgehead atoms. The lowest BCUT2D eigenvalue weighted by atomic mass is 9.69. The summed E-state index contributed by atoms with van der Waals surface area (Å²) in [6, 6.07) is 28.0. The maximum absolute atomic E-state index is 13.5. The molecule has 1 unspecified atom stereocenters. The summed E-state index contributed by atoms with van der Waals surface area (Å²) in [5.74, 6) is -0.244. The SMILES string of the molecule is O=C1CCC(N2C(=O)c3cc4c(cc3C2=O)CN(CC(=O)N2CCC(N3CC(Oc5ccc([C@@H]6c7ccc(O)cc7CC[C@@H]6c6ccccc6)cc5)C3)CC2)C4)C(=O)N1. The second-order valence-electron chi connectivity index (χ2n) is 17.1. The van der Waals surface area contributed by atoms with Crippen LogP contribution in [0.5, 0.6) is 11.5 Å². The van der Waals surface area contributed by atoms with E-state index >= 15 is 0 Å². The lowest BCUT2D eigenvalue weighted by molar-refractivity contribution is -0.136. The van der Waals surface area contributed by atoms with Gasteiger partial charge in [-0.15, -0.1) is 0 Å². The molecule has 0 aromatic heterocycles. The fourth-order valence-corrected chi connectivity index (χ4v) is 10.4. The molecule has 4 aromatic carbocycles. The molecule has 6 aliphatic rings. The molecule has 3 atom stereocenters. The molecule has 5 amide bonds. The maximum Gasteiger partial charge on any atom is 0.262 e. The van der Waals surface area contributed by atoms with Gasteiger partial charge in [-0.05, 0) is 108 Å². The number of phenolic OH excluding ortho intramolecular Hbond substituents is 1. The van der Waals surface area contributed by atoms with Crippen LogP contribution < -0.4 is 10.1 Å². The third kappa shape index (κ3) is 6.97. The van der Waals surface area contributed by atoms with E-state index in [1.165, 1.54) is 22.3 Å². The summed E-state index contributed by atoms with van der Waals surface area (Å²) in [6.07, 6.45) is 4.11. The molecule has 302 valence electrons. The van der Waals surface area contributed by atoms with E-state index in [1.807, 2.05) is 15.9 Å². The molecular weight excluding hydrogens is 747 g/mol. The van der Waals surface area contributed by atoms with Crippen molar-refractivity contribution in [3.05, 3.63) is 129 Å². The largest absolute Gasteiger partial charge is 0.508 e. The summed E-state index contributed by atoms with van der Waals surface area (Å²) in [5, 5.41) is 12.4. The van der Waals surface area contributed by atoms with Gasteiger partial charge in [-0.2, -0.15) is 0 Å². The summed E-state index contributed by atoms with van der Waals surface area (Å²) in [7, 11) is 0. The number of aromatic hydroxyl groups is 1. The van der Waals surface area contributed by atoms with Gasteiger partial charge in [0.15, 0.2) is 0 Å². The number of nitrogens with zero attached hydrogens (tertiary/aromatic N) is 4. The smallest absolute Gasteiger partial charge is 0.262 e. The molecule has 5 heterocycles. The molecule has 4 aromatic rings. The highest BCUT2D eigenvalue weighted by molar-refractivity contribution is 6.23. The number of ether oxygens (including phenoxy) is 1. The number of phenols is 1. The predicted octanol–water partition coefficient (Wildman–Crippen LogP) is 4.73. The Morgan fingerprint density at radius 3 is 2.12 bits per heavy atom. The molecule has 0 spiro atoms. The number of carbonyl (C=O) groups is 5. The second kappa shape index (κ2) is 15.1. The monoisotopic (exact) mass is 793 g/mol. The third-order valence-electron chi connectivity index (χ3n) is 13.5. The standard InChI is InChI=1S/C47H47N5O7/c53-34-9-13-38-30(20-34)8-12-37(28-4-2-1-3-5-28)44(38)29-6-10-35(11-7-29)59-36-25-51(26-36)33-16-18-50(19-17-33)43(55)27-49-23-31-21-39-40(22-32(31)24-49)47(58)52(46(39)57)41-14-15-42(54)48-45(41)56/h1-7,9-11,13,20-22,33,36-37,41,44,53H,8,12,14-19,23-27H2,(H,48,54,56)/t37-,41?,44+/m1/s1. The van der Waals surface area contributed by atoms with Crippen LogP contribution in [0.4, 0.5) is 0 Å². The van der Waals surface area contributed by atoms with Crippen LogP contribution in [0.2, 0.25) is 0 Å². The number of hydrogen-bond donors (Lipinski definition) is 2. The first-order valence-electron chi connectivity index (χ1n) is 20.9. The average molecular weight is 794 g/mol. The fraction of sp³-hybridized carbons (Fsp3) is 0.383. The summed E-state index contributed by atoms with van der Waals surface area (Å²) in [6.45, 7) is 4.39. The first-order valence-corrected chi connectivity index (χ1v) is 20.9. The zero-order chi connectivity index (χ0) is 40.4. The number of carbonyl (C=O) groups excluding carboxylic acids is 5. The van der Waals surface area contributed by atoms with Gasteiger partial charge >= 0.3 is 0 Å². The number of nitrogens with one attached hydrogen (secondary N) is 1. The Kier molecular flexibility index (Phi) is 9.56. The quantitative estimate of drug-likeness (QED) is 0.243. The third-order valence-corrected chi connectivity index (χ3v) is 13.5. The Balaban J connectivity index is 0.696. The molecule has 0 saturated carbocycles. The van der Waals surface area contributed by atoms with Gasteiger partial charge in [0.2, 0.25) is 17.7 Å². The summed E-state index contributed by atoms with van der Waals surface area (Å²) in [5.41, 5.74) is 7.43. The Morgan fingerprint density at radius 2 is 1.44 bits per heavy atom. The maximum atomic E-state index is 13.5. The molecule has 12 nitrogen and oxygen atoms in total. The number of imide groups is 2. The topological polar surface area (TPSA) is 140 Å². The highest BCUT2D eigenvalue weighted by Gasteiger charge is 2.46. The van der Waals surface area contributed by atoms with E-state index in [0.29, 0.717) is 43.9 Å². The minimum absolute atomic E-state index is 0.0769. The molecule has 1 aliphatic carbocycles. The molecule has 59 heavy (non-hydrogen) atoms. The number of fused-ring (bicyclic) bond motifs is 3.